The molecular formula is C16H16N4O. The second-order valence-corrected chi connectivity index (χ2v) is 4.66. The van der Waals surface area contributed by atoms with E-state index in [4.69, 9.17) is 11.1 Å². The zero-order chi connectivity index (χ0) is 15.2. The van der Waals surface area contributed by atoms with Crippen molar-refractivity contribution in [3.05, 3.63) is 65.2 Å². The number of nitrogens with zero attached hydrogens (tertiary/aromatic N) is 2. The topological polar surface area (TPSA) is 82.2 Å². The molecule has 5 nitrogen and oxygen atoms in total. The van der Waals surface area contributed by atoms with Crippen LogP contribution in [-0.4, -0.2) is 13.0 Å². The summed E-state index contributed by atoms with van der Waals surface area (Å²) in [4.78, 5) is 13.5. The number of hydrazine groups is 1. The molecule has 0 aliphatic heterocycles. The number of nitrogens with two attached hydrogens (primary N) is 1. The van der Waals surface area contributed by atoms with Crippen LogP contribution >= 0.6 is 0 Å². The van der Waals surface area contributed by atoms with Crippen molar-refractivity contribution in [3.63, 3.8) is 0 Å². The Kier molecular flexibility index (Phi) is 4.54. The lowest BCUT2D eigenvalue weighted by molar-refractivity contribution is 0.0953. The number of benzene rings is 2. The van der Waals surface area contributed by atoms with Gasteiger partial charge in [-0.15, -0.1) is 0 Å². The number of carbonyl (C=O) groups is 1. The van der Waals surface area contributed by atoms with Crippen molar-refractivity contribution in [1.29, 1.82) is 5.26 Å². The van der Waals surface area contributed by atoms with Gasteiger partial charge in [0.2, 0.25) is 0 Å². The van der Waals surface area contributed by atoms with Gasteiger partial charge < -0.3 is 4.90 Å². The second-order valence-electron chi connectivity index (χ2n) is 4.66. The number of hydrogen-bond donors (Lipinski definition) is 2. The molecule has 0 saturated carbocycles. The number of hydrogen-bond acceptors (Lipinski definition) is 4. The molecule has 0 unspecified atom stereocenters. The highest BCUT2D eigenvalue weighted by Gasteiger charge is 2.09. The molecule has 0 heterocycles. The molecule has 106 valence electrons. The minimum absolute atomic E-state index is 0.322. The van der Waals surface area contributed by atoms with Gasteiger partial charge in [0.25, 0.3) is 5.91 Å². The van der Waals surface area contributed by atoms with Crippen LogP contribution in [0.5, 0.6) is 0 Å². The summed E-state index contributed by atoms with van der Waals surface area (Å²) in [5.41, 5.74) is 5.07. The smallest absolute Gasteiger partial charge is 0.265 e. The van der Waals surface area contributed by atoms with E-state index in [9.17, 15) is 4.79 Å². The van der Waals surface area contributed by atoms with Gasteiger partial charge in [-0.2, -0.15) is 5.26 Å². The van der Waals surface area contributed by atoms with Gasteiger partial charge >= 0.3 is 0 Å². The molecule has 0 bridgehead atoms. The monoisotopic (exact) mass is 280 g/mol. The lowest BCUT2D eigenvalue weighted by atomic mass is 10.1. The fourth-order valence-corrected chi connectivity index (χ4v) is 2.15. The van der Waals surface area contributed by atoms with Crippen LogP contribution in [0.2, 0.25) is 0 Å². The van der Waals surface area contributed by atoms with Gasteiger partial charge in [0.05, 0.1) is 11.3 Å². The Morgan fingerprint density at radius 2 is 2.05 bits per heavy atom. The Morgan fingerprint density at radius 3 is 2.76 bits per heavy atom. The molecule has 0 aliphatic carbocycles. The standard InChI is InChI=1S/C16H16N4O/c1-20(15-8-3-2-6-14(15)10-17)11-12-5-4-7-13(9-12)16(21)19-18/h2-9H,11,18H2,1H3,(H,19,21). The van der Waals surface area contributed by atoms with Crippen molar-refractivity contribution in [2.45, 2.75) is 6.54 Å². The quantitative estimate of drug-likeness (QED) is 0.508. The Labute approximate surface area is 123 Å². The van der Waals surface area contributed by atoms with E-state index in [1.165, 1.54) is 0 Å². The summed E-state index contributed by atoms with van der Waals surface area (Å²) in [5.74, 6) is 4.82. The second kappa shape index (κ2) is 6.55. The largest absolute Gasteiger partial charge is 0.369 e. The average molecular weight is 280 g/mol. The zero-order valence-electron chi connectivity index (χ0n) is 11.7. The van der Waals surface area contributed by atoms with Crippen LogP contribution in [0, 0.1) is 11.3 Å². The molecule has 3 N–H and O–H groups in total. The minimum Gasteiger partial charge on any atom is -0.369 e. The normalized spacial score (nSPS) is 9.76. The van der Waals surface area contributed by atoms with Gasteiger partial charge in [-0.1, -0.05) is 24.3 Å². The van der Waals surface area contributed by atoms with Crippen LogP contribution < -0.4 is 16.2 Å². The molecule has 5 heteroatoms. The highest BCUT2D eigenvalue weighted by Crippen LogP contribution is 2.20. The van der Waals surface area contributed by atoms with Gasteiger partial charge in [0, 0.05) is 19.2 Å². The van der Waals surface area contributed by atoms with Crippen molar-refractivity contribution >= 4 is 11.6 Å². The number of amides is 1. The van der Waals surface area contributed by atoms with E-state index in [2.05, 4.69) is 11.5 Å². The number of nitrogens with one attached hydrogen (secondary N) is 1. The van der Waals surface area contributed by atoms with E-state index in [1.807, 2.05) is 42.3 Å². The van der Waals surface area contributed by atoms with E-state index in [0.29, 0.717) is 17.7 Å². The van der Waals surface area contributed by atoms with Crippen LogP contribution in [0.15, 0.2) is 48.5 Å². The number of anilines is 1. The van der Waals surface area contributed by atoms with E-state index in [-0.39, 0.29) is 5.91 Å². The van der Waals surface area contributed by atoms with Crippen molar-refractivity contribution in [2.24, 2.45) is 5.84 Å². The van der Waals surface area contributed by atoms with E-state index in [0.717, 1.165) is 11.3 Å². The summed E-state index contributed by atoms with van der Waals surface area (Å²) in [6, 6.07) is 16.8. The molecule has 0 atom stereocenters. The molecule has 21 heavy (non-hydrogen) atoms. The average Bonchev–Trinajstić information content (AvgIpc) is 2.54. The van der Waals surface area contributed by atoms with E-state index in [1.54, 1.807) is 18.2 Å². The highest BCUT2D eigenvalue weighted by atomic mass is 16.2. The first-order valence-corrected chi connectivity index (χ1v) is 6.46. The number of nitrogen functional groups attached to an aromatic ring is 1. The van der Waals surface area contributed by atoms with Crippen molar-refractivity contribution in [2.75, 3.05) is 11.9 Å². The summed E-state index contributed by atoms with van der Waals surface area (Å²) in [6.45, 7) is 0.588. The van der Waals surface area contributed by atoms with Gasteiger partial charge in [-0.05, 0) is 29.8 Å². The predicted molar refractivity (Wildman–Crippen MR) is 81.4 cm³/mol. The zero-order valence-corrected chi connectivity index (χ0v) is 11.7. The number of nitriles is 1. The Hall–Kier alpha value is -2.84. The number of para-hydroxylation sites is 1. The Balaban J connectivity index is 2.22. The van der Waals surface area contributed by atoms with Crippen LogP contribution in [0.4, 0.5) is 5.69 Å². The summed E-state index contributed by atoms with van der Waals surface area (Å²) in [7, 11) is 1.91. The van der Waals surface area contributed by atoms with Gasteiger partial charge in [0.15, 0.2) is 0 Å². The van der Waals surface area contributed by atoms with Gasteiger partial charge in [-0.25, -0.2) is 5.84 Å². The molecular weight excluding hydrogens is 264 g/mol. The molecule has 0 aromatic heterocycles. The molecule has 2 aromatic rings. The summed E-state index contributed by atoms with van der Waals surface area (Å²) < 4.78 is 0. The third-order valence-corrected chi connectivity index (χ3v) is 3.18. The summed E-state index contributed by atoms with van der Waals surface area (Å²) >= 11 is 0. The molecule has 1 amide bonds. The SMILES string of the molecule is CN(Cc1cccc(C(=O)NN)c1)c1ccccc1C#N. The lowest BCUT2D eigenvalue weighted by Gasteiger charge is -2.20. The lowest BCUT2D eigenvalue weighted by Crippen LogP contribution is -2.30. The fourth-order valence-electron chi connectivity index (χ4n) is 2.15. The van der Waals surface area contributed by atoms with E-state index >= 15 is 0 Å². The van der Waals surface area contributed by atoms with Crippen LogP contribution in [0.1, 0.15) is 21.5 Å². The van der Waals surface area contributed by atoms with Crippen LogP contribution in [-0.2, 0) is 6.54 Å². The molecule has 0 aliphatic rings. The molecule has 0 spiro atoms. The first-order valence-electron chi connectivity index (χ1n) is 6.46. The van der Waals surface area contributed by atoms with Gasteiger partial charge in [-0.3, -0.25) is 10.2 Å². The van der Waals surface area contributed by atoms with Crippen LogP contribution in [0.3, 0.4) is 0 Å². The maximum Gasteiger partial charge on any atom is 0.265 e. The summed E-state index contributed by atoms with van der Waals surface area (Å²) in [6.07, 6.45) is 0. The Morgan fingerprint density at radius 1 is 1.29 bits per heavy atom. The van der Waals surface area contributed by atoms with Crippen molar-refractivity contribution in [1.82, 2.24) is 5.43 Å². The maximum atomic E-state index is 11.5. The first kappa shape index (κ1) is 14.6. The first-order chi connectivity index (χ1) is 10.2. The number of rotatable bonds is 4. The third-order valence-electron chi connectivity index (χ3n) is 3.18. The Bertz CT molecular complexity index is 691. The predicted octanol–water partition coefficient (Wildman–Crippen LogP) is 1.80. The molecule has 0 saturated heterocycles. The maximum absolute atomic E-state index is 11.5. The van der Waals surface area contributed by atoms with Crippen molar-refractivity contribution < 1.29 is 4.79 Å². The molecule has 2 rings (SSSR count). The van der Waals surface area contributed by atoms with E-state index < -0.39 is 0 Å². The van der Waals surface area contributed by atoms with Crippen molar-refractivity contribution in [3.8, 4) is 6.07 Å². The van der Waals surface area contributed by atoms with Crippen LogP contribution in [0.25, 0.3) is 0 Å². The molecule has 0 fully saturated rings. The molecule has 0 radical (unpaired) electrons. The minimum atomic E-state index is -0.322. The fraction of sp³-hybridized carbons (Fsp3) is 0.125. The third kappa shape index (κ3) is 3.38. The number of carbonyl (C=O) groups excluding carboxylic acids is 1. The highest BCUT2D eigenvalue weighted by molar-refractivity contribution is 5.93. The summed E-state index contributed by atoms with van der Waals surface area (Å²) in [5, 5.41) is 9.14. The van der Waals surface area contributed by atoms with Gasteiger partial charge in [0.1, 0.15) is 6.07 Å². The molecule has 2 aromatic carbocycles.